The molecule has 9 nitrogen and oxygen atoms in total. The highest BCUT2D eigenvalue weighted by Gasteiger charge is 2.21. The molecule has 2 aromatic carbocycles. The summed E-state index contributed by atoms with van der Waals surface area (Å²) >= 11 is 6.95. The minimum absolute atomic E-state index is 0.0329. The van der Waals surface area contributed by atoms with Crippen LogP contribution >= 0.6 is 22.9 Å². The SMILES string of the molecule is O=C(Nc1ccc(S(=O)(=O)Nc2nccs2)cc1)c1cc(Cl)ccc1[N+](=O)[O-]. The molecule has 2 N–H and O–H groups in total. The second-order valence-corrected chi connectivity index (χ2v) is 8.35. The van der Waals surface area contributed by atoms with Crippen molar-refractivity contribution in [1.82, 2.24) is 4.98 Å². The maximum Gasteiger partial charge on any atom is 0.282 e. The summed E-state index contributed by atoms with van der Waals surface area (Å²) in [6.45, 7) is 0. The van der Waals surface area contributed by atoms with E-state index >= 15 is 0 Å². The normalized spacial score (nSPS) is 11.0. The van der Waals surface area contributed by atoms with Gasteiger partial charge in [-0.05, 0) is 36.4 Å². The number of rotatable bonds is 6. The molecule has 0 bridgehead atoms. The van der Waals surface area contributed by atoms with Crippen LogP contribution in [0.2, 0.25) is 5.02 Å². The van der Waals surface area contributed by atoms with Crippen LogP contribution in [-0.2, 0) is 10.0 Å². The molecule has 0 fully saturated rings. The van der Waals surface area contributed by atoms with Crippen molar-refractivity contribution in [1.29, 1.82) is 0 Å². The number of nitrogens with zero attached hydrogens (tertiary/aromatic N) is 2. The second kappa shape index (κ2) is 7.92. The smallest absolute Gasteiger partial charge is 0.282 e. The van der Waals surface area contributed by atoms with Crippen molar-refractivity contribution in [2.45, 2.75) is 4.90 Å². The molecule has 1 aromatic heterocycles. The van der Waals surface area contributed by atoms with Crippen molar-refractivity contribution >= 4 is 55.4 Å². The molecule has 0 aliphatic rings. The number of sulfonamides is 1. The quantitative estimate of drug-likeness (QED) is 0.445. The summed E-state index contributed by atoms with van der Waals surface area (Å²) in [6.07, 6.45) is 1.47. The summed E-state index contributed by atoms with van der Waals surface area (Å²) < 4.78 is 26.9. The summed E-state index contributed by atoms with van der Waals surface area (Å²) in [6, 6.07) is 8.94. The highest BCUT2D eigenvalue weighted by atomic mass is 35.5. The van der Waals surface area contributed by atoms with Crippen LogP contribution in [0.25, 0.3) is 0 Å². The number of carbonyl (C=O) groups is 1. The minimum atomic E-state index is -3.83. The molecule has 12 heteroatoms. The van der Waals surface area contributed by atoms with Gasteiger partial charge in [0.1, 0.15) is 5.56 Å². The van der Waals surface area contributed by atoms with Crippen LogP contribution < -0.4 is 10.0 Å². The molecule has 0 spiro atoms. The van der Waals surface area contributed by atoms with Gasteiger partial charge in [0.15, 0.2) is 5.13 Å². The number of hydrogen-bond donors (Lipinski definition) is 2. The van der Waals surface area contributed by atoms with Gasteiger partial charge in [0.25, 0.3) is 21.6 Å². The number of nitro groups is 1. The molecule has 144 valence electrons. The molecule has 0 radical (unpaired) electrons. The van der Waals surface area contributed by atoms with Gasteiger partial charge in [-0.3, -0.25) is 19.6 Å². The summed E-state index contributed by atoms with van der Waals surface area (Å²) in [7, 11) is -3.83. The number of anilines is 2. The average molecular weight is 439 g/mol. The number of hydrogen-bond acceptors (Lipinski definition) is 7. The van der Waals surface area contributed by atoms with E-state index in [0.717, 1.165) is 17.4 Å². The highest BCUT2D eigenvalue weighted by molar-refractivity contribution is 7.93. The zero-order valence-corrected chi connectivity index (χ0v) is 16.2. The molecule has 1 heterocycles. The first-order chi connectivity index (χ1) is 13.3. The van der Waals surface area contributed by atoms with E-state index in [1.54, 1.807) is 5.38 Å². The number of nitrogens with one attached hydrogen (secondary N) is 2. The summed E-state index contributed by atoms with van der Waals surface area (Å²) in [5, 5.41) is 15.6. The van der Waals surface area contributed by atoms with Gasteiger partial charge in [-0.1, -0.05) is 11.6 Å². The predicted octanol–water partition coefficient (Wildman–Crippen LogP) is 3.76. The molecule has 0 atom stereocenters. The molecule has 0 saturated carbocycles. The third-order valence-corrected chi connectivity index (χ3v) is 5.88. The molecule has 0 saturated heterocycles. The third-order valence-electron chi connectivity index (χ3n) is 3.48. The van der Waals surface area contributed by atoms with E-state index in [-0.39, 0.29) is 26.3 Å². The number of halogens is 1. The predicted molar refractivity (Wildman–Crippen MR) is 105 cm³/mol. The standard InChI is InChI=1S/C16H11ClN4O5S2/c17-10-1-6-14(21(23)24)13(9-10)15(22)19-11-2-4-12(5-3-11)28(25,26)20-16-18-7-8-27-16/h1-9H,(H,18,20)(H,19,22). The molecule has 0 aliphatic carbocycles. The van der Waals surface area contributed by atoms with E-state index in [0.29, 0.717) is 0 Å². The number of aromatic nitrogens is 1. The Morgan fingerprint density at radius 2 is 1.89 bits per heavy atom. The van der Waals surface area contributed by atoms with E-state index in [4.69, 9.17) is 11.6 Å². The second-order valence-electron chi connectivity index (χ2n) is 5.34. The number of nitro benzene ring substituents is 1. The monoisotopic (exact) mass is 438 g/mol. The highest BCUT2D eigenvalue weighted by Crippen LogP contribution is 2.24. The number of benzene rings is 2. The fourth-order valence-corrected chi connectivity index (χ4v) is 4.17. The lowest BCUT2D eigenvalue weighted by Gasteiger charge is -2.08. The van der Waals surface area contributed by atoms with Crippen molar-refractivity contribution < 1.29 is 18.1 Å². The maximum atomic E-state index is 12.4. The van der Waals surface area contributed by atoms with E-state index in [2.05, 4.69) is 15.0 Å². The van der Waals surface area contributed by atoms with Crippen LogP contribution in [-0.4, -0.2) is 24.2 Å². The topological polar surface area (TPSA) is 131 Å². The van der Waals surface area contributed by atoms with Crippen LogP contribution in [0.1, 0.15) is 10.4 Å². The van der Waals surface area contributed by atoms with E-state index in [1.807, 2.05) is 0 Å². The number of thiazole rings is 1. The molecule has 0 unspecified atom stereocenters. The third kappa shape index (κ3) is 4.44. The van der Waals surface area contributed by atoms with Gasteiger partial charge in [-0.25, -0.2) is 13.4 Å². The summed E-state index contributed by atoms with van der Waals surface area (Å²) in [5.74, 6) is -0.745. The van der Waals surface area contributed by atoms with Crippen molar-refractivity contribution in [3.8, 4) is 0 Å². The largest absolute Gasteiger partial charge is 0.322 e. The van der Waals surface area contributed by atoms with E-state index < -0.39 is 26.5 Å². The van der Waals surface area contributed by atoms with E-state index in [1.165, 1.54) is 42.6 Å². The van der Waals surface area contributed by atoms with Crippen LogP contribution in [0.3, 0.4) is 0 Å². The van der Waals surface area contributed by atoms with Gasteiger partial charge in [0.05, 0.1) is 9.82 Å². The van der Waals surface area contributed by atoms with Crippen molar-refractivity contribution in [2.24, 2.45) is 0 Å². The van der Waals surface area contributed by atoms with Crippen LogP contribution in [0.15, 0.2) is 58.9 Å². The van der Waals surface area contributed by atoms with Crippen LogP contribution in [0.5, 0.6) is 0 Å². The van der Waals surface area contributed by atoms with Crippen molar-refractivity contribution in [3.63, 3.8) is 0 Å². The first-order valence-corrected chi connectivity index (χ1v) is 10.3. The fourth-order valence-electron chi connectivity index (χ4n) is 2.21. The lowest BCUT2D eigenvalue weighted by Crippen LogP contribution is -2.15. The van der Waals surface area contributed by atoms with Gasteiger partial charge >= 0.3 is 0 Å². The zero-order chi connectivity index (χ0) is 20.3. The Labute approximate surface area is 168 Å². The van der Waals surface area contributed by atoms with Gasteiger partial charge in [0.2, 0.25) is 0 Å². The Hall–Kier alpha value is -3.02. The average Bonchev–Trinajstić information content (AvgIpc) is 3.14. The molecule has 3 rings (SSSR count). The van der Waals surface area contributed by atoms with Crippen LogP contribution in [0, 0.1) is 10.1 Å². The molecule has 1 amide bonds. The van der Waals surface area contributed by atoms with E-state index in [9.17, 15) is 23.3 Å². The Kier molecular flexibility index (Phi) is 5.58. The van der Waals surface area contributed by atoms with Gasteiger partial charge in [-0.15, -0.1) is 11.3 Å². The molecular formula is C16H11ClN4O5S2. The lowest BCUT2D eigenvalue weighted by atomic mass is 10.1. The Morgan fingerprint density at radius 1 is 1.18 bits per heavy atom. The fraction of sp³-hybridized carbons (Fsp3) is 0. The van der Waals surface area contributed by atoms with Gasteiger partial charge < -0.3 is 5.32 Å². The molecule has 3 aromatic rings. The van der Waals surface area contributed by atoms with Gasteiger partial charge in [-0.2, -0.15) is 0 Å². The Bertz CT molecular complexity index is 1130. The first kappa shape index (κ1) is 19.7. The molecular weight excluding hydrogens is 428 g/mol. The zero-order valence-electron chi connectivity index (χ0n) is 13.8. The lowest BCUT2D eigenvalue weighted by molar-refractivity contribution is -0.385. The van der Waals surface area contributed by atoms with Crippen molar-refractivity contribution in [2.75, 3.05) is 10.0 Å². The number of amides is 1. The minimum Gasteiger partial charge on any atom is -0.322 e. The van der Waals surface area contributed by atoms with Crippen LogP contribution in [0.4, 0.5) is 16.5 Å². The molecule has 0 aliphatic heterocycles. The summed E-state index contributed by atoms with van der Waals surface area (Å²) in [4.78, 5) is 26.6. The Balaban J connectivity index is 1.79. The molecule has 28 heavy (non-hydrogen) atoms. The Morgan fingerprint density at radius 3 is 2.50 bits per heavy atom. The maximum absolute atomic E-state index is 12.4. The first-order valence-electron chi connectivity index (χ1n) is 7.54. The summed E-state index contributed by atoms with van der Waals surface area (Å²) in [5.41, 5.74) is -0.346. The van der Waals surface area contributed by atoms with Crippen molar-refractivity contribution in [3.05, 3.63) is 74.7 Å². The van der Waals surface area contributed by atoms with Gasteiger partial charge in [0, 0.05) is 28.4 Å². The number of carbonyl (C=O) groups excluding carboxylic acids is 1.